The summed E-state index contributed by atoms with van der Waals surface area (Å²) < 4.78 is 6.19. The molecule has 0 saturated carbocycles. The number of hydrogen-bond acceptors (Lipinski definition) is 6. The van der Waals surface area contributed by atoms with Crippen molar-refractivity contribution >= 4 is 57.3 Å². The van der Waals surface area contributed by atoms with E-state index in [-0.39, 0.29) is 6.61 Å². The van der Waals surface area contributed by atoms with Gasteiger partial charge in [0, 0.05) is 9.26 Å². The van der Waals surface area contributed by atoms with Gasteiger partial charge in [0.15, 0.2) is 5.60 Å². The van der Waals surface area contributed by atoms with Crippen LogP contribution in [0.2, 0.25) is 0 Å². The van der Waals surface area contributed by atoms with Gasteiger partial charge in [0.1, 0.15) is 18.4 Å². The van der Waals surface area contributed by atoms with Crippen molar-refractivity contribution in [1.29, 1.82) is 5.26 Å². The van der Waals surface area contributed by atoms with E-state index >= 15 is 0 Å². The molecule has 0 aromatic heterocycles. The number of carbonyl (C=O) groups excluding carboxylic acids is 1. The maximum Gasteiger partial charge on any atom is 0.259 e. The molecule has 0 unspecified atom stereocenters. The number of amides is 1. The van der Waals surface area contributed by atoms with E-state index in [0.29, 0.717) is 26.3 Å². The Hall–Kier alpha value is -2.31. The molecule has 2 aromatic carbocycles. The number of benzene rings is 2. The molecule has 0 aliphatic heterocycles. The first-order valence-corrected chi connectivity index (χ1v) is 8.88. The second-order valence-corrected chi connectivity index (χ2v) is 6.86. The number of isothiocyanates is 1. The third kappa shape index (κ3) is 5.34. The summed E-state index contributed by atoms with van der Waals surface area (Å²) in [6.45, 7) is 1.13. The smallest absolute Gasteiger partial charge is 0.259 e. The minimum Gasteiger partial charge on any atom is -0.490 e. The van der Waals surface area contributed by atoms with Crippen LogP contribution >= 0.6 is 34.8 Å². The summed E-state index contributed by atoms with van der Waals surface area (Å²) in [5.74, 6) is -0.130. The highest BCUT2D eigenvalue weighted by Gasteiger charge is 2.31. The fraction of sp³-hybridized carbons (Fsp3) is 0.167. The molecule has 8 heteroatoms. The normalized spacial score (nSPS) is 12.2. The maximum atomic E-state index is 12.3. The van der Waals surface area contributed by atoms with Crippen molar-refractivity contribution in [3.8, 4) is 11.8 Å². The number of aliphatic hydroxyl groups is 1. The minimum absolute atomic E-state index is 0.234. The van der Waals surface area contributed by atoms with Gasteiger partial charge in [-0.3, -0.25) is 4.79 Å². The molecule has 0 saturated heterocycles. The molecule has 0 heterocycles. The SMILES string of the molecule is C[C@](O)(COc1ccc(N=C=S)cc1)C(=O)Nc1ccc(C#N)c([125I])c1. The molecule has 6 nitrogen and oxygen atoms in total. The summed E-state index contributed by atoms with van der Waals surface area (Å²) in [4.78, 5) is 16.1. The first-order chi connectivity index (χ1) is 12.4. The number of ether oxygens (including phenoxy) is 1. The van der Waals surface area contributed by atoms with Gasteiger partial charge in [0.2, 0.25) is 0 Å². The number of nitriles is 1. The fourth-order valence-electron chi connectivity index (χ4n) is 1.91. The van der Waals surface area contributed by atoms with Gasteiger partial charge < -0.3 is 15.2 Å². The van der Waals surface area contributed by atoms with Crippen molar-refractivity contribution in [2.75, 3.05) is 11.9 Å². The van der Waals surface area contributed by atoms with Gasteiger partial charge >= 0.3 is 0 Å². The predicted octanol–water partition coefficient (Wildman–Crippen LogP) is 3.67. The molecule has 0 aliphatic rings. The Morgan fingerprint density at radius 2 is 2.08 bits per heavy atom. The third-order valence-electron chi connectivity index (χ3n) is 3.37. The van der Waals surface area contributed by atoms with Gasteiger partial charge in [-0.2, -0.15) is 10.3 Å². The van der Waals surface area contributed by atoms with Crippen LogP contribution in [0.5, 0.6) is 5.75 Å². The molecule has 26 heavy (non-hydrogen) atoms. The number of thiocarbonyl (C=S) groups is 1. The van der Waals surface area contributed by atoms with Crippen molar-refractivity contribution in [2.45, 2.75) is 12.5 Å². The molecule has 132 valence electrons. The van der Waals surface area contributed by atoms with Crippen molar-refractivity contribution in [2.24, 2.45) is 4.99 Å². The molecule has 2 aromatic rings. The van der Waals surface area contributed by atoms with Crippen molar-refractivity contribution in [1.82, 2.24) is 0 Å². The summed E-state index contributed by atoms with van der Waals surface area (Å²) in [5, 5.41) is 24.2. The van der Waals surface area contributed by atoms with Crippen LogP contribution in [0.4, 0.5) is 11.4 Å². The Labute approximate surface area is 169 Å². The van der Waals surface area contributed by atoms with Crippen LogP contribution < -0.4 is 10.1 Å². The lowest BCUT2D eigenvalue weighted by atomic mass is 10.1. The Kier molecular flexibility index (Phi) is 6.83. The highest BCUT2D eigenvalue weighted by molar-refractivity contribution is 14.1. The zero-order valence-corrected chi connectivity index (χ0v) is 16.7. The molecule has 0 bridgehead atoms. The second kappa shape index (κ2) is 8.87. The average Bonchev–Trinajstić information content (AvgIpc) is 2.61. The van der Waals surface area contributed by atoms with Gasteiger partial charge in [-0.05, 0) is 84.2 Å². The zero-order valence-electron chi connectivity index (χ0n) is 13.7. The Morgan fingerprint density at radius 3 is 2.65 bits per heavy atom. The molecule has 0 aliphatic carbocycles. The number of nitrogens with one attached hydrogen (secondary N) is 1. The van der Waals surface area contributed by atoms with Crippen LogP contribution in [0.3, 0.4) is 0 Å². The monoisotopic (exact) mass is 477 g/mol. The number of halogens is 1. The third-order valence-corrected chi connectivity index (χ3v) is 4.35. The molecule has 0 spiro atoms. The lowest BCUT2D eigenvalue weighted by molar-refractivity contribution is -0.135. The van der Waals surface area contributed by atoms with Crippen molar-refractivity contribution in [3.63, 3.8) is 0 Å². The lowest BCUT2D eigenvalue weighted by Crippen LogP contribution is -2.45. The van der Waals surface area contributed by atoms with Crippen LogP contribution in [-0.2, 0) is 4.79 Å². The summed E-state index contributed by atoms with van der Waals surface area (Å²) in [7, 11) is 0. The molecule has 1 atom stereocenters. The Balaban J connectivity index is 1.99. The van der Waals surface area contributed by atoms with E-state index < -0.39 is 11.5 Å². The number of nitrogens with zero attached hydrogens (tertiary/aromatic N) is 2. The van der Waals surface area contributed by atoms with Gasteiger partial charge in [-0.1, -0.05) is 0 Å². The standard InChI is InChI=1S/C18H14IN3O3S/c1-18(24,10-25-15-6-4-13(5-7-15)21-11-26)17(23)22-14-3-2-12(9-20)16(19)8-14/h2-8,24H,10H2,1H3,(H,22,23)/t18-/m0/s1/i19-2. The summed E-state index contributed by atoms with van der Waals surface area (Å²) in [6, 6.07) is 13.6. The first-order valence-electron chi connectivity index (χ1n) is 7.40. The number of carbonyl (C=O) groups is 1. The predicted molar refractivity (Wildman–Crippen MR) is 110 cm³/mol. The molecular weight excluding hydrogens is 463 g/mol. The second-order valence-electron chi connectivity index (χ2n) is 5.52. The highest BCUT2D eigenvalue weighted by Crippen LogP contribution is 2.21. The van der Waals surface area contributed by atoms with Crippen LogP contribution in [0.25, 0.3) is 0 Å². The fourth-order valence-corrected chi connectivity index (χ4v) is 2.65. The quantitative estimate of drug-likeness (QED) is 0.376. The number of rotatable bonds is 6. The van der Waals surface area contributed by atoms with E-state index in [1.165, 1.54) is 6.92 Å². The largest absolute Gasteiger partial charge is 0.490 e. The van der Waals surface area contributed by atoms with Crippen LogP contribution in [-0.4, -0.2) is 28.4 Å². The number of anilines is 1. The summed E-state index contributed by atoms with van der Waals surface area (Å²) in [5.41, 5.74) is -0.113. The highest BCUT2D eigenvalue weighted by atomic mass is 125. The lowest BCUT2D eigenvalue weighted by Gasteiger charge is -2.22. The average molecular weight is 477 g/mol. The number of aliphatic imine (C=N–C) groups is 1. The Morgan fingerprint density at radius 1 is 1.38 bits per heavy atom. The van der Waals surface area contributed by atoms with E-state index in [9.17, 15) is 9.90 Å². The van der Waals surface area contributed by atoms with Gasteiger partial charge in [0.05, 0.1) is 16.4 Å². The number of hydrogen-bond donors (Lipinski definition) is 2. The van der Waals surface area contributed by atoms with Crippen LogP contribution in [0, 0.1) is 14.9 Å². The van der Waals surface area contributed by atoms with E-state index in [4.69, 9.17) is 10.00 Å². The van der Waals surface area contributed by atoms with Crippen LogP contribution in [0.15, 0.2) is 47.5 Å². The minimum atomic E-state index is -1.75. The van der Waals surface area contributed by atoms with Gasteiger partial charge in [0.25, 0.3) is 5.91 Å². The molecular formula is C18H14IN3O3S. The van der Waals surface area contributed by atoms with Crippen molar-refractivity contribution in [3.05, 3.63) is 51.6 Å². The first kappa shape index (κ1) is 20.0. The summed E-state index contributed by atoms with van der Waals surface area (Å²) in [6.07, 6.45) is 0. The summed E-state index contributed by atoms with van der Waals surface area (Å²) >= 11 is 6.54. The molecule has 0 radical (unpaired) electrons. The van der Waals surface area contributed by atoms with E-state index in [2.05, 4.69) is 33.8 Å². The molecule has 2 rings (SSSR count). The van der Waals surface area contributed by atoms with E-state index in [1.54, 1.807) is 42.5 Å². The van der Waals surface area contributed by atoms with Crippen LogP contribution in [0.1, 0.15) is 12.5 Å². The van der Waals surface area contributed by atoms with E-state index in [1.807, 2.05) is 22.6 Å². The molecule has 1 amide bonds. The maximum absolute atomic E-state index is 12.3. The molecule has 2 N–H and O–H groups in total. The topological polar surface area (TPSA) is 94.7 Å². The molecule has 0 fully saturated rings. The van der Waals surface area contributed by atoms with E-state index in [0.717, 1.165) is 0 Å². The Bertz CT molecular complexity index is 901. The zero-order chi connectivity index (χ0) is 19.2. The van der Waals surface area contributed by atoms with Crippen molar-refractivity contribution < 1.29 is 14.6 Å². The van der Waals surface area contributed by atoms with Gasteiger partial charge in [-0.15, -0.1) is 0 Å². The van der Waals surface area contributed by atoms with Gasteiger partial charge in [-0.25, -0.2) is 0 Å².